The Bertz CT molecular complexity index is 438. The smallest absolute Gasteiger partial charge is 0.136 e. The summed E-state index contributed by atoms with van der Waals surface area (Å²) in [5.74, 6) is 0. The van der Waals surface area contributed by atoms with E-state index in [9.17, 15) is 5.11 Å². The first-order valence-electron chi connectivity index (χ1n) is 5.12. The van der Waals surface area contributed by atoms with Crippen LogP contribution in [0.5, 0.6) is 0 Å². The van der Waals surface area contributed by atoms with Crippen molar-refractivity contribution in [2.24, 2.45) is 0 Å². The number of fused-ring (bicyclic) bond motifs is 1. The van der Waals surface area contributed by atoms with E-state index in [2.05, 4.69) is 10.3 Å². The molecule has 2 aromatic heterocycles. The van der Waals surface area contributed by atoms with Gasteiger partial charge in [0.25, 0.3) is 0 Å². The molecule has 1 atom stereocenters. The minimum atomic E-state index is -0.466. The normalized spacial score (nSPS) is 13.2. The molecule has 2 rings (SSSR count). The molecule has 0 saturated carbocycles. The van der Waals surface area contributed by atoms with Crippen LogP contribution in [0.15, 0.2) is 30.7 Å². The van der Waals surface area contributed by atoms with Crippen molar-refractivity contribution in [3.05, 3.63) is 36.3 Å². The molecule has 0 amide bonds. The number of nitrogens with one attached hydrogen (secondary N) is 1. The van der Waals surface area contributed by atoms with Crippen LogP contribution in [0, 0.1) is 0 Å². The molecule has 4 heteroatoms. The van der Waals surface area contributed by atoms with E-state index in [1.54, 1.807) is 6.20 Å². The van der Waals surface area contributed by atoms with Crippen molar-refractivity contribution in [1.29, 1.82) is 0 Å². The lowest BCUT2D eigenvalue weighted by atomic mass is 10.1. The molecule has 0 saturated heterocycles. The average Bonchev–Trinajstić information content (AvgIpc) is 2.72. The second-order valence-corrected chi connectivity index (χ2v) is 3.48. The van der Waals surface area contributed by atoms with Gasteiger partial charge in [-0.15, -0.1) is 0 Å². The summed E-state index contributed by atoms with van der Waals surface area (Å²) >= 11 is 0. The average molecular weight is 205 g/mol. The molecule has 0 bridgehead atoms. The first-order chi connectivity index (χ1) is 7.31. The molecule has 2 N–H and O–H groups in total. The SMILES string of the molecule is CCNCC(O)c1ccn2ccnc2c1. The maximum Gasteiger partial charge on any atom is 0.136 e. The Labute approximate surface area is 88.6 Å². The number of hydrogen-bond donors (Lipinski definition) is 2. The summed E-state index contributed by atoms with van der Waals surface area (Å²) in [4.78, 5) is 4.17. The molecule has 4 nitrogen and oxygen atoms in total. The van der Waals surface area contributed by atoms with Crippen LogP contribution in [0.1, 0.15) is 18.6 Å². The topological polar surface area (TPSA) is 49.6 Å². The fourth-order valence-electron chi connectivity index (χ4n) is 1.53. The van der Waals surface area contributed by atoms with Crippen molar-refractivity contribution in [3.63, 3.8) is 0 Å². The highest BCUT2D eigenvalue weighted by atomic mass is 16.3. The quantitative estimate of drug-likeness (QED) is 0.782. The van der Waals surface area contributed by atoms with Gasteiger partial charge in [0.05, 0.1) is 6.10 Å². The molecule has 2 aromatic rings. The van der Waals surface area contributed by atoms with Crippen LogP contribution >= 0.6 is 0 Å². The van der Waals surface area contributed by atoms with E-state index in [1.807, 2.05) is 35.9 Å². The van der Waals surface area contributed by atoms with Crippen molar-refractivity contribution in [3.8, 4) is 0 Å². The van der Waals surface area contributed by atoms with Gasteiger partial charge in [-0.25, -0.2) is 4.98 Å². The Kier molecular flexibility index (Phi) is 2.99. The van der Waals surface area contributed by atoms with E-state index in [4.69, 9.17) is 0 Å². The van der Waals surface area contributed by atoms with E-state index < -0.39 is 6.10 Å². The lowest BCUT2D eigenvalue weighted by Gasteiger charge is -2.11. The van der Waals surface area contributed by atoms with Gasteiger partial charge in [-0.05, 0) is 24.2 Å². The van der Waals surface area contributed by atoms with Crippen molar-refractivity contribution in [2.75, 3.05) is 13.1 Å². The zero-order valence-electron chi connectivity index (χ0n) is 8.72. The molecule has 2 heterocycles. The molecule has 80 valence electrons. The summed E-state index contributed by atoms with van der Waals surface area (Å²) in [6, 6.07) is 3.82. The summed E-state index contributed by atoms with van der Waals surface area (Å²) in [6.45, 7) is 3.46. The lowest BCUT2D eigenvalue weighted by molar-refractivity contribution is 0.175. The highest BCUT2D eigenvalue weighted by Gasteiger charge is 2.07. The lowest BCUT2D eigenvalue weighted by Crippen LogP contribution is -2.20. The number of likely N-dealkylation sites (N-methyl/N-ethyl adjacent to an activating group) is 1. The molecule has 0 fully saturated rings. The summed E-state index contributed by atoms with van der Waals surface area (Å²) in [5.41, 5.74) is 1.76. The maximum absolute atomic E-state index is 9.85. The van der Waals surface area contributed by atoms with Gasteiger partial charge in [0.2, 0.25) is 0 Å². The molecular formula is C11H15N3O. The highest BCUT2D eigenvalue weighted by Crippen LogP contribution is 2.13. The number of rotatable bonds is 4. The van der Waals surface area contributed by atoms with Crippen LogP contribution < -0.4 is 5.32 Å². The minimum Gasteiger partial charge on any atom is -0.387 e. The highest BCUT2D eigenvalue weighted by molar-refractivity contribution is 5.41. The van der Waals surface area contributed by atoms with Gasteiger partial charge >= 0.3 is 0 Å². The number of hydrogen-bond acceptors (Lipinski definition) is 3. The van der Waals surface area contributed by atoms with Crippen molar-refractivity contribution < 1.29 is 5.11 Å². The Hall–Kier alpha value is -1.39. The van der Waals surface area contributed by atoms with Crippen molar-refractivity contribution in [1.82, 2.24) is 14.7 Å². The van der Waals surface area contributed by atoms with Crippen molar-refractivity contribution in [2.45, 2.75) is 13.0 Å². The second-order valence-electron chi connectivity index (χ2n) is 3.48. The zero-order valence-corrected chi connectivity index (χ0v) is 8.72. The van der Waals surface area contributed by atoms with Crippen LogP contribution in [0.25, 0.3) is 5.65 Å². The molecule has 0 spiro atoms. The Morgan fingerprint density at radius 3 is 3.20 bits per heavy atom. The predicted molar refractivity (Wildman–Crippen MR) is 58.7 cm³/mol. The number of aliphatic hydroxyl groups excluding tert-OH is 1. The van der Waals surface area contributed by atoms with Gasteiger partial charge in [-0.3, -0.25) is 0 Å². The molecular weight excluding hydrogens is 190 g/mol. The summed E-state index contributed by atoms with van der Waals surface area (Å²) < 4.78 is 1.92. The van der Waals surface area contributed by atoms with Crippen LogP contribution in [0.2, 0.25) is 0 Å². The third kappa shape index (κ3) is 2.16. The number of aliphatic hydroxyl groups is 1. The van der Waals surface area contributed by atoms with E-state index in [0.29, 0.717) is 6.54 Å². The van der Waals surface area contributed by atoms with Gasteiger partial charge in [0, 0.05) is 25.1 Å². The number of aromatic nitrogens is 2. The molecule has 0 radical (unpaired) electrons. The number of nitrogens with zero attached hydrogens (tertiary/aromatic N) is 2. The van der Waals surface area contributed by atoms with E-state index >= 15 is 0 Å². The summed E-state index contributed by atoms with van der Waals surface area (Å²) in [5, 5.41) is 13.0. The van der Waals surface area contributed by atoms with Gasteiger partial charge in [-0.2, -0.15) is 0 Å². The number of imidazole rings is 1. The molecule has 0 aliphatic heterocycles. The maximum atomic E-state index is 9.85. The fourth-order valence-corrected chi connectivity index (χ4v) is 1.53. The third-order valence-corrected chi connectivity index (χ3v) is 2.39. The van der Waals surface area contributed by atoms with E-state index in [-0.39, 0.29) is 0 Å². The van der Waals surface area contributed by atoms with Crippen LogP contribution in [-0.2, 0) is 0 Å². The second kappa shape index (κ2) is 4.42. The largest absolute Gasteiger partial charge is 0.387 e. The summed E-state index contributed by atoms with van der Waals surface area (Å²) in [7, 11) is 0. The molecule has 1 unspecified atom stereocenters. The molecule has 0 aliphatic rings. The van der Waals surface area contributed by atoms with Crippen LogP contribution in [-0.4, -0.2) is 27.6 Å². The third-order valence-electron chi connectivity index (χ3n) is 2.39. The molecule has 15 heavy (non-hydrogen) atoms. The van der Waals surface area contributed by atoms with Crippen LogP contribution in [0.4, 0.5) is 0 Å². The monoisotopic (exact) mass is 205 g/mol. The Morgan fingerprint density at radius 2 is 2.40 bits per heavy atom. The fraction of sp³-hybridized carbons (Fsp3) is 0.364. The first kappa shape index (κ1) is 10.1. The Balaban J connectivity index is 2.19. The van der Waals surface area contributed by atoms with E-state index in [1.165, 1.54) is 0 Å². The Morgan fingerprint density at radius 1 is 1.53 bits per heavy atom. The minimum absolute atomic E-state index is 0.466. The molecule has 0 aromatic carbocycles. The van der Waals surface area contributed by atoms with E-state index in [0.717, 1.165) is 17.8 Å². The van der Waals surface area contributed by atoms with Gasteiger partial charge < -0.3 is 14.8 Å². The number of pyridine rings is 1. The standard InChI is InChI=1S/C11H15N3O/c1-2-12-8-10(15)9-3-5-14-6-4-13-11(14)7-9/h3-7,10,12,15H,2,8H2,1H3. The predicted octanol–water partition coefficient (Wildman–Crippen LogP) is 0.977. The van der Waals surface area contributed by atoms with Gasteiger partial charge in [-0.1, -0.05) is 6.92 Å². The van der Waals surface area contributed by atoms with Gasteiger partial charge in [0.1, 0.15) is 5.65 Å². The zero-order chi connectivity index (χ0) is 10.7. The molecule has 0 aliphatic carbocycles. The van der Waals surface area contributed by atoms with Gasteiger partial charge in [0.15, 0.2) is 0 Å². The summed E-state index contributed by atoms with van der Waals surface area (Å²) in [6.07, 6.45) is 5.07. The first-order valence-corrected chi connectivity index (χ1v) is 5.12. The van der Waals surface area contributed by atoms with Crippen LogP contribution in [0.3, 0.4) is 0 Å². The van der Waals surface area contributed by atoms with Crippen molar-refractivity contribution >= 4 is 5.65 Å².